The van der Waals surface area contributed by atoms with Gasteiger partial charge >= 0.3 is 16.2 Å². The van der Waals surface area contributed by atoms with Gasteiger partial charge in [-0.3, -0.25) is 9.59 Å². The smallest absolute Gasteiger partial charge is 0.325 e. The fourth-order valence-corrected chi connectivity index (χ4v) is 7.25. The van der Waals surface area contributed by atoms with Crippen LogP contribution in [-0.2, 0) is 32.6 Å². The average Bonchev–Trinajstić information content (AvgIpc) is 4.03. The molecular formula is C39H39F4N5O5S. The van der Waals surface area contributed by atoms with E-state index in [1.54, 1.807) is 29.0 Å². The maximum atomic E-state index is 14.1. The molecule has 10 nitrogen and oxygen atoms in total. The predicted octanol–water partition coefficient (Wildman–Crippen LogP) is 5.98. The molecule has 0 aromatic heterocycles. The number of amides is 4. The standard InChI is InChI=1S/C39H39F4N5O5S/c1-47(33-11-7-27(8-12-33)25-3-4-25)37(49)35(19-23-15-29(40)21-30(41)16-23)44-39(51)46-54(52,53)45-36(20-24-17-31(42)22-32(43)18-24)38(50)48(2)34-13-9-28(10-14-34)26-5-6-26/h7-18,21-22,25-26,35-36,45H,3-6,19-20H2,1-2H3,(H2,44,46,51)/t35-,36-/m0/s1. The number of hydrogen-bond acceptors (Lipinski definition) is 5. The van der Waals surface area contributed by atoms with Gasteiger partial charge in [-0.25, -0.2) is 27.1 Å². The highest BCUT2D eigenvalue weighted by molar-refractivity contribution is 7.88. The Kier molecular flexibility index (Phi) is 11.4. The van der Waals surface area contributed by atoms with Crippen molar-refractivity contribution < 1.29 is 40.4 Å². The molecule has 284 valence electrons. The number of halogens is 4. The second-order valence-corrected chi connectivity index (χ2v) is 15.2. The quantitative estimate of drug-likeness (QED) is 0.136. The van der Waals surface area contributed by atoms with Gasteiger partial charge in [0.05, 0.1) is 0 Å². The Hall–Kier alpha value is -5.28. The summed E-state index contributed by atoms with van der Waals surface area (Å²) in [7, 11) is -2.08. The molecule has 2 fully saturated rings. The van der Waals surface area contributed by atoms with Gasteiger partial charge in [0.2, 0.25) is 11.8 Å². The van der Waals surface area contributed by atoms with E-state index in [1.165, 1.54) is 23.9 Å². The summed E-state index contributed by atoms with van der Waals surface area (Å²) in [4.78, 5) is 43.2. The molecule has 2 saturated carbocycles. The van der Waals surface area contributed by atoms with Crippen LogP contribution in [0.15, 0.2) is 84.9 Å². The molecule has 0 saturated heterocycles. The van der Waals surface area contributed by atoms with Crippen LogP contribution in [0.4, 0.5) is 33.7 Å². The Bertz CT molecular complexity index is 2110. The largest absolute Gasteiger partial charge is 0.330 e. The molecule has 4 amide bonds. The molecule has 2 aliphatic carbocycles. The van der Waals surface area contributed by atoms with Crippen molar-refractivity contribution in [3.05, 3.63) is 130 Å². The monoisotopic (exact) mass is 765 g/mol. The summed E-state index contributed by atoms with van der Waals surface area (Å²) in [6.45, 7) is 0. The Balaban J connectivity index is 1.20. The maximum Gasteiger partial charge on any atom is 0.330 e. The lowest BCUT2D eigenvalue weighted by Crippen LogP contribution is -2.57. The Morgan fingerprint density at radius 1 is 0.630 bits per heavy atom. The SMILES string of the molecule is CN(C(=O)[C@H](Cc1cc(F)cc(F)c1)NC(=O)NS(=O)(=O)N[C@@H](Cc1cc(F)cc(F)c1)C(=O)N(C)c1ccc(C2CC2)cc1)c1ccc(C2CC2)cc1. The van der Waals surface area contributed by atoms with Gasteiger partial charge in [0.15, 0.2) is 0 Å². The number of nitrogens with zero attached hydrogens (tertiary/aromatic N) is 2. The van der Waals surface area contributed by atoms with E-state index < -0.39 is 76.2 Å². The van der Waals surface area contributed by atoms with Crippen molar-refractivity contribution in [2.45, 2.75) is 62.4 Å². The lowest BCUT2D eigenvalue weighted by Gasteiger charge is -2.26. The zero-order chi connectivity index (χ0) is 38.7. The molecule has 6 rings (SSSR count). The van der Waals surface area contributed by atoms with E-state index in [4.69, 9.17) is 0 Å². The van der Waals surface area contributed by atoms with Gasteiger partial charge in [-0.2, -0.15) is 13.1 Å². The van der Waals surface area contributed by atoms with Crippen molar-refractivity contribution in [1.29, 1.82) is 0 Å². The van der Waals surface area contributed by atoms with Crippen molar-refractivity contribution in [3.63, 3.8) is 0 Å². The van der Waals surface area contributed by atoms with Crippen LogP contribution in [0.2, 0.25) is 0 Å². The highest BCUT2D eigenvalue weighted by Gasteiger charge is 2.32. The second-order valence-electron chi connectivity index (χ2n) is 13.8. The van der Waals surface area contributed by atoms with Gasteiger partial charge in [-0.15, -0.1) is 0 Å². The first kappa shape index (κ1) is 38.4. The first-order valence-corrected chi connectivity index (χ1v) is 18.9. The molecule has 0 aliphatic heterocycles. The fraction of sp³-hybridized carbons (Fsp3) is 0.308. The van der Waals surface area contributed by atoms with Gasteiger partial charge in [-0.1, -0.05) is 24.3 Å². The third kappa shape index (κ3) is 10.0. The number of benzene rings is 4. The highest BCUT2D eigenvalue weighted by Crippen LogP contribution is 2.41. The van der Waals surface area contributed by atoms with E-state index in [1.807, 2.05) is 24.3 Å². The average molecular weight is 766 g/mol. The minimum Gasteiger partial charge on any atom is -0.325 e. The van der Waals surface area contributed by atoms with Gasteiger partial charge < -0.3 is 15.1 Å². The van der Waals surface area contributed by atoms with Crippen LogP contribution in [0.5, 0.6) is 0 Å². The molecule has 4 aromatic carbocycles. The molecule has 54 heavy (non-hydrogen) atoms. The summed E-state index contributed by atoms with van der Waals surface area (Å²) in [6.07, 6.45) is 3.34. The van der Waals surface area contributed by atoms with Gasteiger partial charge in [-0.05, 0) is 115 Å². The summed E-state index contributed by atoms with van der Waals surface area (Å²) < 4.78 is 87.1. The van der Waals surface area contributed by atoms with Gasteiger partial charge in [0.25, 0.3) is 0 Å². The van der Waals surface area contributed by atoms with Crippen molar-refractivity contribution in [2.24, 2.45) is 0 Å². The van der Waals surface area contributed by atoms with Crippen LogP contribution >= 0.6 is 0 Å². The number of nitrogens with one attached hydrogen (secondary N) is 3. The molecule has 0 spiro atoms. The van der Waals surface area contributed by atoms with Crippen LogP contribution in [0.25, 0.3) is 0 Å². The minimum absolute atomic E-state index is 0.00537. The molecule has 0 heterocycles. The van der Waals surface area contributed by atoms with E-state index in [0.29, 0.717) is 35.3 Å². The minimum atomic E-state index is -4.92. The molecular weight excluding hydrogens is 727 g/mol. The van der Waals surface area contributed by atoms with E-state index in [9.17, 15) is 40.4 Å². The topological polar surface area (TPSA) is 128 Å². The van der Waals surface area contributed by atoms with Crippen molar-refractivity contribution >= 4 is 39.4 Å². The summed E-state index contributed by atoms with van der Waals surface area (Å²) in [5.74, 6) is -4.36. The lowest BCUT2D eigenvalue weighted by molar-refractivity contribution is -0.120. The molecule has 15 heteroatoms. The third-order valence-electron chi connectivity index (χ3n) is 9.47. The Labute approximate surface area is 310 Å². The normalized spacial score (nSPS) is 15.2. The lowest BCUT2D eigenvalue weighted by atomic mass is 10.0. The third-order valence-corrected chi connectivity index (χ3v) is 10.5. The number of likely N-dealkylation sites (N-methyl/N-ethyl adjacent to an activating group) is 2. The number of rotatable bonds is 14. The van der Waals surface area contributed by atoms with Crippen LogP contribution < -0.4 is 24.6 Å². The van der Waals surface area contributed by atoms with Crippen molar-refractivity contribution in [3.8, 4) is 0 Å². The van der Waals surface area contributed by atoms with Gasteiger partial charge in [0.1, 0.15) is 35.4 Å². The predicted molar refractivity (Wildman–Crippen MR) is 195 cm³/mol. The molecule has 2 aliphatic rings. The zero-order valence-electron chi connectivity index (χ0n) is 29.5. The molecule has 0 radical (unpaired) electrons. The number of urea groups is 1. The van der Waals surface area contributed by atoms with Crippen LogP contribution in [-0.4, -0.2) is 52.4 Å². The number of carbonyl (C=O) groups is 3. The molecule has 0 bridgehead atoms. The first-order chi connectivity index (χ1) is 25.6. The van der Waals surface area contributed by atoms with E-state index in [2.05, 4.69) is 10.0 Å². The van der Waals surface area contributed by atoms with Crippen LogP contribution in [0.3, 0.4) is 0 Å². The summed E-state index contributed by atoms with van der Waals surface area (Å²) >= 11 is 0. The number of hydrogen-bond donors (Lipinski definition) is 3. The van der Waals surface area contributed by atoms with Gasteiger partial charge in [0, 0.05) is 44.0 Å². The van der Waals surface area contributed by atoms with Crippen LogP contribution in [0, 0.1) is 23.3 Å². The van der Waals surface area contributed by atoms with Crippen LogP contribution in [0.1, 0.15) is 59.8 Å². The summed E-state index contributed by atoms with van der Waals surface area (Å²) in [5, 5.41) is 2.29. The second kappa shape index (κ2) is 16.0. The van der Waals surface area contributed by atoms with Crippen molar-refractivity contribution in [2.75, 3.05) is 23.9 Å². The summed E-state index contributed by atoms with van der Waals surface area (Å²) in [5.41, 5.74) is 3.05. The zero-order valence-corrected chi connectivity index (χ0v) is 30.3. The molecule has 3 N–H and O–H groups in total. The number of anilines is 2. The van der Waals surface area contributed by atoms with E-state index in [0.717, 1.165) is 61.1 Å². The Morgan fingerprint density at radius 3 is 1.39 bits per heavy atom. The first-order valence-electron chi connectivity index (χ1n) is 17.4. The highest BCUT2D eigenvalue weighted by atomic mass is 32.2. The summed E-state index contributed by atoms with van der Waals surface area (Å²) in [6, 6.07) is 14.9. The fourth-order valence-electron chi connectivity index (χ4n) is 6.33. The Morgan fingerprint density at radius 2 is 1.00 bits per heavy atom. The molecule has 0 unspecified atom stereocenters. The number of carbonyl (C=O) groups excluding carboxylic acids is 3. The molecule has 4 aromatic rings. The van der Waals surface area contributed by atoms with E-state index >= 15 is 0 Å². The molecule has 2 atom stereocenters. The maximum absolute atomic E-state index is 14.1. The van der Waals surface area contributed by atoms with E-state index in [-0.39, 0.29) is 11.1 Å². The van der Waals surface area contributed by atoms with Crippen molar-refractivity contribution in [1.82, 2.24) is 14.8 Å².